The van der Waals surface area contributed by atoms with Crippen molar-refractivity contribution in [2.24, 2.45) is 0 Å². The van der Waals surface area contributed by atoms with Crippen LogP contribution in [0.2, 0.25) is 16.6 Å². The molecule has 0 saturated carbocycles. The van der Waals surface area contributed by atoms with Gasteiger partial charge in [-0.15, -0.1) is 0 Å². The first-order valence-electron chi connectivity index (χ1n) is 10.00. The summed E-state index contributed by atoms with van der Waals surface area (Å²) < 4.78 is 11.6. The Hall–Kier alpha value is -1.20. The predicted molar refractivity (Wildman–Crippen MR) is 120 cm³/mol. The molecule has 0 aliphatic carbocycles. The Morgan fingerprint density at radius 1 is 0.577 bits per heavy atom. The third kappa shape index (κ3) is 22.8. The van der Waals surface area contributed by atoms with Crippen molar-refractivity contribution in [1.82, 2.24) is 0 Å². The van der Waals surface area contributed by atoms with Crippen LogP contribution in [-0.2, 0) is 3.74 Å². The summed E-state index contributed by atoms with van der Waals surface area (Å²) in [5, 5.41) is 0.921. The summed E-state index contributed by atoms with van der Waals surface area (Å²) in [6.45, 7) is 2.16. The van der Waals surface area contributed by atoms with E-state index >= 15 is 0 Å². The molecular weight excluding hydrogens is 379 g/mol. The first-order valence-corrected chi connectivity index (χ1v) is 15.8. The maximum absolute atomic E-state index is 11.6. The van der Waals surface area contributed by atoms with E-state index in [4.69, 9.17) is 0 Å². The monoisotopic (exact) mass is 418 g/mol. The van der Waals surface area contributed by atoms with E-state index in [2.05, 4.69) is 79.8 Å². The van der Waals surface area contributed by atoms with Gasteiger partial charge in [-0.05, 0) is 19.3 Å². The second-order valence-corrected chi connectivity index (χ2v) is 14.4. The average molecular weight is 418 g/mol. The van der Waals surface area contributed by atoms with Crippen LogP contribution >= 0.6 is 0 Å². The number of hydrogen-bond acceptors (Lipinski definition) is 1. The zero-order valence-electron chi connectivity index (χ0n) is 17.1. The Morgan fingerprint density at radius 3 is 1.27 bits per heavy atom. The fourth-order valence-electron chi connectivity index (χ4n) is 2.23. The molecule has 0 saturated heterocycles. The van der Waals surface area contributed by atoms with Gasteiger partial charge in [0.2, 0.25) is 0 Å². The van der Waals surface area contributed by atoms with E-state index in [1.54, 1.807) is 0 Å². The molecule has 0 aromatic carbocycles. The van der Waals surface area contributed by atoms with Crippen LogP contribution in [0.25, 0.3) is 0 Å². The minimum atomic E-state index is -2.40. The standard InChI is InChI=1S/C24H39AsO/c1-4-5-6-7-8-9-10-11-12-13-14-15-16-17-18-19-20-21-22-23-24-25(2,3)26/h5-6,8-9,11-12,14-15,17-18,20-21H,4,7,10,13,16,19,22-24H2,1-3H3/b6-5-,9-8-,12-11-,15-14-,18-17-,21-20-. The second kappa shape index (κ2) is 18.6. The van der Waals surface area contributed by atoms with E-state index < -0.39 is 13.5 Å². The first-order chi connectivity index (χ1) is 12.6. The SMILES string of the molecule is CC/C=C\C/C=C\C/C=C\C/C=C\C/C=C\C/C=C\CCC[As](C)(C)=O. The molecule has 0 atom stereocenters. The van der Waals surface area contributed by atoms with Crippen molar-refractivity contribution in [2.45, 2.75) is 74.9 Å². The van der Waals surface area contributed by atoms with Gasteiger partial charge in [0.1, 0.15) is 0 Å². The molecule has 0 radical (unpaired) electrons. The summed E-state index contributed by atoms with van der Waals surface area (Å²) in [7, 11) is 0. The maximum atomic E-state index is 11.6. The van der Waals surface area contributed by atoms with Crippen LogP contribution in [0.4, 0.5) is 0 Å². The Kier molecular flexibility index (Phi) is 17.7. The fraction of sp³-hybridized carbons (Fsp3) is 0.500. The first kappa shape index (κ1) is 24.8. The molecule has 0 heterocycles. The van der Waals surface area contributed by atoms with E-state index in [9.17, 15) is 3.74 Å². The van der Waals surface area contributed by atoms with Crippen LogP contribution in [0.5, 0.6) is 0 Å². The number of allylic oxidation sites excluding steroid dienone is 12. The molecule has 0 unspecified atom stereocenters. The van der Waals surface area contributed by atoms with E-state index in [-0.39, 0.29) is 0 Å². The van der Waals surface area contributed by atoms with Gasteiger partial charge in [0.05, 0.1) is 0 Å². The summed E-state index contributed by atoms with van der Waals surface area (Å²) >= 11 is -2.40. The van der Waals surface area contributed by atoms with Gasteiger partial charge in [-0.1, -0.05) is 43.4 Å². The number of rotatable bonds is 15. The van der Waals surface area contributed by atoms with Gasteiger partial charge in [0, 0.05) is 0 Å². The molecule has 1 nitrogen and oxygen atoms in total. The summed E-state index contributed by atoms with van der Waals surface area (Å²) in [5.74, 6) is 0. The van der Waals surface area contributed by atoms with Crippen LogP contribution < -0.4 is 0 Å². The molecule has 0 amide bonds. The Bertz CT molecular complexity index is 526. The van der Waals surface area contributed by atoms with Crippen LogP contribution in [0, 0.1) is 0 Å². The quantitative estimate of drug-likeness (QED) is 0.149. The topological polar surface area (TPSA) is 17.1 Å². The Morgan fingerprint density at radius 2 is 0.923 bits per heavy atom. The number of hydrogen-bond donors (Lipinski definition) is 0. The van der Waals surface area contributed by atoms with Gasteiger partial charge in [0.15, 0.2) is 0 Å². The molecular formula is C24H39AsO. The van der Waals surface area contributed by atoms with Gasteiger partial charge < -0.3 is 0 Å². The van der Waals surface area contributed by atoms with Crippen molar-refractivity contribution < 1.29 is 3.74 Å². The van der Waals surface area contributed by atoms with Crippen molar-refractivity contribution in [2.75, 3.05) is 0 Å². The second-order valence-electron chi connectivity index (χ2n) is 6.85. The van der Waals surface area contributed by atoms with Gasteiger partial charge in [-0.25, -0.2) is 0 Å². The summed E-state index contributed by atoms with van der Waals surface area (Å²) in [5.41, 5.74) is 3.86. The van der Waals surface area contributed by atoms with Gasteiger partial charge >= 0.3 is 102 Å². The van der Waals surface area contributed by atoms with E-state index in [0.29, 0.717) is 0 Å². The molecule has 0 spiro atoms. The van der Waals surface area contributed by atoms with Crippen molar-refractivity contribution in [3.63, 3.8) is 0 Å². The van der Waals surface area contributed by atoms with Gasteiger partial charge in [-0.2, -0.15) is 0 Å². The van der Waals surface area contributed by atoms with Crippen molar-refractivity contribution >= 4 is 13.5 Å². The summed E-state index contributed by atoms with van der Waals surface area (Å²) in [4.78, 5) is 0. The number of unbranched alkanes of at least 4 members (excludes halogenated alkanes) is 1. The third-order valence-corrected chi connectivity index (χ3v) is 6.59. The normalized spacial score (nSPS) is 13.8. The molecule has 0 rings (SSSR count). The molecule has 26 heavy (non-hydrogen) atoms. The Balaban J connectivity index is 3.54. The molecule has 0 aliphatic rings. The van der Waals surface area contributed by atoms with Gasteiger partial charge in [-0.3, -0.25) is 0 Å². The molecule has 0 aromatic heterocycles. The van der Waals surface area contributed by atoms with Crippen LogP contribution in [-0.4, -0.2) is 13.5 Å². The average Bonchev–Trinajstić information content (AvgIpc) is 2.59. The molecule has 0 fully saturated rings. The molecule has 146 valence electrons. The van der Waals surface area contributed by atoms with Crippen LogP contribution in [0.15, 0.2) is 72.9 Å². The third-order valence-electron chi connectivity index (χ3n) is 3.66. The molecule has 2 heteroatoms. The van der Waals surface area contributed by atoms with Crippen LogP contribution in [0.3, 0.4) is 0 Å². The van der Waals surface area contributed by atoms with E-state index in [1.165, 1.54) is 0 Å². The zero-order chi connectivity index (χ0) is 19.3. The van der Waals surface area contributed by atoms with Crippen LogP contribution in [0.1, 0.15) is 58.3 Å². The summed E-state index contributed by atoms with van der Waals surface area (Å²) in [6.07, 6.45) is 34.9. The Labute approximate surface area is 165 Å². The van der Waals surface area contributed by atoms with Crippen molar-refractivity contribution in [3.05, 3.63) is 72.9 Å². The fourth-order valence-corrected chi connectivity index (χ4v) is 4.21. The van der Waals surface area contributed by atoms with Crippen molar-refractivity contribution in [3.8, 4) is 0 Å². The van der Waals surface area contributed by atoms with E-state index in [1.807, 2.05) is 11.4 Å². The minimum absolute atomic E-state index is 0.921. The van der Waals surface area contributed by atoms with Gasteiger partial charge in [0.25, 0.3) is 0 Å². The zero-order valence-corrected chi connectivity index (χ0v) is 19.0. The molecule has 0 N–H and O–H groups in total. The van der Waals surface area contributed by atoms with E-state index in [0.717, 1.165) is 56.6 Å². The molecule has 0 bridgehead atoms. The molecule has 0 aliphatic heterocycles. The molecule has 0 aromatic rings. The predicted octanol–water partition coefficient (Wildman–Crippen LogP) is 8.10. The van der Waals surface area contributed by atoms with Crippen molar-refractivity contribution in [1.29, 1.82) is 0 Å². The summed E-state index contributed by atoms with van der Waals surface area (Å²) in [6, 6.07) is 0.